The highest BCUT2D eigenvalue weighted by atomic mass is 32.1. The summed E-state index contributed by atoms with van der Waals surface area (Å²) in [5.41, 5.74) is 0.852. The lowest BCUT2D eigenvalue weighted by Gasteiger charge is -2.30. The molecule has 0 bridgehead atoms. The molecule has 0 N–H and O–H groups in total. The van der Waals surface area contributed by atoms with Gasteiger partial charge in [0.25, 0.3) is 0 Å². The minimum atomic E-state index is -0.491. The van der Waals surface area contributed by atoms with E-state index in [0.29, 0.717) is 17.7 Å². The number of carbonyl (C=O) groups is 2. The van der Waals surface area contributed by atoms with Crippen molar-refractivity contribution in [2.24, 2.45) is 0 Å². The van der Waals surface area contributed by atoms with Crippen LogP contribution in [0.2, 0.25) is 0 Å². The molecule has 0 saturated carbocycles. The molecule has 0 radical (unpaired) electrons. The van der Waals surface area contributed by atoms with Crippen LogP contribution in [-0.2, 0) is 23.8 Å². The highest BCUT2D eigenvalue weighted by molar-refractivity contribution is 7.12. The summed E-state index contributed by atoms with van der Waals surface area (Å²) in [6.45, 7) is 3.32. The van der Waals surface area contributed by atoms with Gasteiger partial charge in [-0.25, -0.2) is 9.59 Å². The zero-order valence-electron chi connectivity index (χ0n) is 15.2. The van der Waals surface area contributed by atoms with E-state index in [1.165, 1.54) is 14.2 Å². The van der Waals surface area contributed by atoms with Crippen molar-refractivity contribution in [3.05, 3.63) is 45.4 Å². The molecular weight excluding hydrogens is 354 g/mol. The lowest BCUT2D eigenvalue weighted by atomic mass is 9.88. The first kappa shape index (κ1) is 18.7. The van der Waals surface area contributed by atoms with E-state index >= 15 is 0 Å². The SMILES string of the molecule is COC(=O)C1=CN(C[C@H]2CCCO2)C=C(C(=O)OC)C1c1ccc(C)s1. The average molecular weight is 377 g/mol. The zero-order valence-corrected chi connectivity index (χ0v) is 16.0. The maximum Gasteiger partial charge on any atom is 0.336 e. The van der Waals surface area contributed by atoms with E-state index in [1.807, 2.05) is 24.0 Å². The Balaban J connectivity index is 2.00. The molecule has 1 aromatic rings. The molecule has 140 valence electrons. The van der Waals surface area contributed by atoms with Gasteiger partial charge in [-0.2, -0.15) is 0 Å². The molecule has 0 unspecified atom stereocenters. The summed E-state index contributed by atoms with van der Waals surface area (Å²) in [6.07, 6.45) is 5.60. The van der Waals surface area contributed by atoms with Crippen LogP contribution in [-0.4, -0.2) is 50.3 Å². The molecule has 0 spiro atoms. The molecule has 2 aliphatic heterocycles. The summed E-state index contributed by atoms with van der Waals surface area (Å²) in [6, 6.07) is 3.91. The van der Waals surface area contributed by atoms with Crippen molar-refractivity contribution in [2.75, 3.05) is 27.4 Å². The number of hydrogen-bond donors (Lipinski definition) is 0. The van der Waals surface area contributed by atoms with Crippen molar-refractivity contribution < 1.29 is 23.8 Å². The Morgan fingerprint density at radius 2 is 1.85 bits per heavy atom. The maximum absolute atomic E-state index is 12.5. The van der Waals surface area contributed by atoms with Gasteiger partial charge in [0.2, 0.25) is 0 Å². The Kier molecular flexibility index (Phi) is 5.78. The lowest BCUT2D eigenvalue weighted by Crippen LogP contribution is -2.32. The van der Waals surface area contributed by atoms with E-state index in [0.717, 1.165) is 29.2 Å². The third-order valence-corrected chi connectivity index (χ3v) is 5.62. The van der Waals surface area contributed by atoms with Gasteiger partial charge in [-0.3, -0.25) is 0 Å². The molecule has 0 aromatic carbocycles. The number of esters is 2. The van der Waals surface area contributed by atoms with Gasteiger partial charge in [0, 0.05) is 35.3 Å². The van der Waals surface area contributed by atoms with Crippen molar-refractivity contribution in [3.8, 4) is 0 Å². The number of rotatable bonds is 5. The molecule has 7 heteroatoms. The number of aryl methyl sites for hydroxylation is 1. The summed E-state index contributed by atoms with van der Waals surface area (Å²) in [5.74, 6) is -1.39. The van der Waals surface area contributed by atoms with Crippen LogP contribution in [0.4, 0.5) is 0 Å². The van der Waals surface area contributed by atoms with E-state index in [-0.39, 0.29) is 6.10 Å². The van der Waals surface area contributed by atoms with E-state index in [2.05, 4.69) is 0 Å². The summed E-state index contributed by atoms with van der Waals surface area (Å²) in [5, 5.41) is 0. The van der Waals surface area contributed by atoms with Crippen LogP contribution in [0, 0.1) is 6.92 Å². The van der Waals surface area contributed by atoms with Crippen LogP contribution in [0.5, 0.6) is 0 Å². The van der Waals surface area contributed by atoms with E-state index in [4.69, 9.17) is 14.2 Å². The van der Waals surface area contributed by atoms with Gasteiger partial charge < -0.3 is 19.1 Å². The number of nitrogens with zero attached hydrogens (tertiary/aromatic N) is 1. The molecule has 1 fully saturated rings. The van der Waals surface area contributed by atoms with Crippen molar-refractivity contribution in [3.63, 3.8) is 0 Å². The number of thiophene rings is 1. The molecule has 1 aromatic heterocycles. The maximum atomic E-state index is 12.5. The molecule has 3 heterocycles. The van der Waals surface area contributed by atoms with Gasteiger partial charge in [-0.15, -0.1) is 11.3 Å². The first-order chi connectivity index (χ1) is 12.5. The molecule has 1 atom stereocenters. The molecule has 2 aliphatic rings. The van der Waals surface area contributed by atoms with E-state index < -0.39 is 17.9 Å². The second-order valence-corrected chi connectivity index (χ2v) is 7.68. The highest BCUT2D eigenvalue weighted by Gasteiger charge is 2.36. The molecule has 3 rings (SSSR count). The van der Waals surface area contributed by atoms with Gasteiger partial charge in [0.05, 0.1) is 37.4 Å². The van der Waals surface area contributed by atoms with Crippen LogP contribution in [0.15, 0.2) is 35.7 Å². The summed E-state index contributed by atoms with van der Waals surface area (Å²) in [4.78, 5) is 28.8. The van der Waals surface area contributed by atoms with Crippen molar-refractivity contribution in [2.45, 2.75) is 31.8 Å². The molecule has 1 saturated heterocycles. The third kappa shape index (κ3) is 3.83. The number of hydrogen-bond acceptors (Lipinski definition) is 7. The minimum Gasteiger partial charge on any atom is -0.466 e. The Morgan fingerprint density at radius 3 is 2.31 bits per heavy atom. The fourth-order valence-electron chi connectivity index (χ4n) is 3.33. The van der Waals surface area contributed by atoms with Crippen LogP contribution in [0.25, 0.3) is 0 Å². The highest BCUT2D eigenvalue weighted by Crippen LogP contribution is 2.40. The van der Waals surface area contributed by atoms with Gasteiger partial charge in [0.15, 0.2) is 0 Å². The van der Waals surface area contributed by atoms with Gasteiger partial charge in [-0.05, 0) is 31.9 Å². The summed E-state index contributed by atoms with van der Waals surface area (Å²) in [7, 11) is 2.70. The smallest absolute Gasteiger partial charge is 0.336 e. The normalized spacial score (nSPS) is 20.6. The predicted molar refractivity (Wildman–Crippen MR) is 97.7 cm³/mol. The van der Waals surface area contributed by atoms with Gasteiger partial charge in [-0.1, -0.05) is 0 Å². The van der Waals surface area contributed by atoms with E-state index in [9.17, 15) is 9.59 Å². The largest absolute Gasteiger partial charge is 0.466 e. The first-order valence-corrected chi connectivity index (χ1v) is 9.39. The second kappa shape index (κ2) is 8.05. The fraction of sp³-hybridized carbons (Fsp3) is 0.474. The lowest BCUT2D eigenvalue weighted by molar-refractivity contribution is -0.137. The Labute approximate surface area is 157 Å². The van der Waals surface area contributed by atoms with Gasteiger partial charge >= 0.3 is 11.9 Å². The molecule has 6 nitrogen and oxygen atoms in total. The summed E-state index contributed by atoms with van der Waals surface area (Å²) < 4.78 is 15.7. The standard InChI is InChI=1S/C19H23NO5S/c1-12-6-7-16(26-12)17-14(18(21)23-2)10-20(9-13-5-4-8-25-13)11-15(17)19(22)24-3/h6-7,10-11,13,17H,4-5,8-9H2,1-3H3/t13-/m1/s1. The number of methoxy groups -OCH3 is 2. The van der Waals surface area contributed by atoms with E-state index in [1.54, 1.807) is 23.7 Å². The molecular formula is C19H23NO5S. The van der Waals surface area contributed by atoms with Gasteiger partial charge in [0.1, 0.15) is 0 Å². The monoisotopic (exact) mass is 377 g/mol. The average Bonchev–Trinajstić information content (AvgIpc) is 3.31. The number of carbonyl (C=O) groups excluding carboxylic acids is 2. The fourth-order valence-corrected chi connectivity index (χ4v) is 4.35. The summed E-state index contributed by atoms with van der Waals surface area (Å²) >= 11 is 1.55. The molecule has 26 heavy (non-hydrogen) atoms. The Hall–Kier alpha value is -2.12. The Bertz CT molecular complexity index is 711. The van der Waals surface area contributed by atoms with Crippen LogP contribution >= 0.6 is 11.3 Å². The van der Waals surface area contributed by atoms with Crippen LogP contribution in [0.3, 0.4) is 0 Å². The predicted octanol–water partition coefficient (Wildman–Crippen LogP) is 2.75. The van der Waals surface area contributed by atoms with Crippen molar-refractivity contribution in [1.82, 2.24) is 4.90 Å². The second-order valence-electron chi connectivity index (χ2n) is 6.37. The zero-order chi connectivity index (χ0) is 18.7. The van der Waals surface area contributed by atoms with Crippen molar-refractivity contribution in [1.29, 1.82) is 0 Å². The molecule has 0 amide bonds. The molecule has 0 aliphatic carbocycles. The third-order valence-electron chi connectivity index (χ3n) is 4.56. The topological polar surface area (TPSA) is 65.1 Å². The van der Waals surface area contributed by atoms with Crippen LogP contribution in [0.1, 0.15) is 28.5 Å². The minimum absolute atomic E-state index is 0.0841. The van der Waals surface area contributed by atoms with Crippen LogP contribution < -0.4 is 0 Å². The quantitative estimate of drug-likeness (QED) is 0.735. The van der Waals surface area contributed by atoms with Crippen molar-refractivity contribution >= 4 is 23.3 Å². The number of ether oxygens (including phenoxy) is 3. The Morgan fingerprint density at radius 1 is 1.19 bits per heavy atom. The first-order valence-electron chi connectivity index (χ1n) is 8.57.